The van der Waals surface area contributed by atoms with E-state index < -0.39 is 23.4 Å². The van der Waals surface area contributed by atoms with E-state index in [0.29, 0.717) is 42.1 Å². The van der Waals surface area contributed by atoms with Crippen LogP contribution in [0, 0.1) is 25.5 Å². The van der Waals surface area contributed by atoms with Crippen molar-refractivity contribution in [2.24, 2.45) is 0 Å². The molecule has 0 radical (unpaired) electrons. The highest BCUT2D eigenvalue weighted by Gasteiger charge is 2.30. The third kappa shape index (κ3) is 8.94. The number of amides is 1. The molecule has 1 amide bonds. The average molecular weight is 654 g/mol. The molecule has 0 aliphatic rings. The molecule has 0 saturated heterocycles. The molecule has 0 saturated carbocycles. The molecule has 0 aliphatic heterocycles. The van der Waals surface area contributed by atoms with Gasteiger partial charge in [0.2, 0.25) is 5.91 Å². The zero-order chi connectivity index (χ0) is 34.3. The molecule has 1 heterocycles. The third-order valence-electron chi connectivity index (χ3n) is 8.74. The van der Waals surface area contributed by atoms with Gasteiger partial charge in [-0.1, -0.05) is 62.4 Å². The molecule has 0 aliphatic carbocycles. The van der Waals surface area contributed by atoms with Crippen LogP contribution in [0.15, 0.2) is 77.6 Å². The number of carbonyl (C=O) groups excluding carboxylic acids is 1. The highest BCUT2D eigenvalue weighted by atomic mass is 19.4. The van der Waals surface area contributed by atoms with Crippen LogP contribution in [0.25, 0.3) is 11.1 Å². The highest BCUT2D eigenvalue weighted by molar-refractivity contribution is 5.76. The lowest BCUT2D eigenvalue weighted by Gasteiger charge is -2.28. The fourth-order valence-electron chi connectivity index (χ4n) is 5.57. The van der Waals surface area contributed by atoms with E-state index in [1.807, 2.05) is 24.3 Å². The number of halogens is 5. The molecular weight excluding hydrogens is 613 g/mol. The van der Waals surface area contributed by atoms with Crippen LogP contribution in [0.2, 0.25) is 0 Å². The summed E-state index contributed by atoms with van der Waals surface area (Å²) in [5.41, 5.74) is 3.23. The summed E-state index contributed by atoms with van der Waals surface area (Å²) >= 11 is 0. The lowest BCUT2D eigenvalue weighted by Crippen LogP contribution is -2.40. The Morgan fingerprint density at radius 3 is 2.04 bits per heavy atom. The Balaban J connectivity index is 1.58. The van der Waals surface area contributed by atoms with Crippen molar-refractivity contribution in [3.8, 4) is 11.1 Å². The van der Waals surface area contributed by atoms with Crippen molar-refractivity contribution in [3.05, 3.63) is 128 Å². The van der Waals surface area contributed by atoms with Crippen LogP contribution in [-0.4, -0.2) is 46.5 Å². The average Bonchev–Trinajstić information content (AvgIpc) is 3.05. The normalized spacial score (nSPS) is 11.7. The van der Waals surface area contributed by atoms with E-state index in [1.54, 1.807) is 23.3 Å². The third-order valence-corrected chi connectivity index (χ3v) is 8.74. The lowest BCUT2D eigenvalue weighted by atomic mass is 10.0. The first-order valence-corrected chi connectivity index (χ1v) is 15.7. The SMILES string of the molecule is CCN(CC)CCN(Cc1ccc(-c2ccc(C(F)(F)F)cc2)cc1)C(=O)Cn1c(CCc2cccc(F)c2F)cc(=O)c(C)c1C. The fourth-order valence-corrected chi connectivity index (χ4v) is 5.57. The van der Waals surface area contributed by atoms with Crippen molar-refractivity contribution in [2.45, 2.75) is 59.8 Å². The van der Waals surface area contributed by atoms with Gasteiger partial charge in [-0.15, -0.1) is 0 Å². The largest absolute Gasteiger partial charge is 0.416 e. The monoisotopic (exact) mass is 653 g/mol. The van der Waals surface area contributed by atoms with Gasteiger partial charge in [0.25, 0.3) is 0 Å². The Labute approximate surface area is 272 Å². The van der Waals surface area contributed by atoms with Crippen LogP contribution >= 0.6 is 0 Å². The predicted molar refractivity (Wildman–Crippen MR) is 174 cm³/mol. The van der Waals surface area contributed by atoms with Crippen LogP contribution in [0.5, 0.6) is 0 Å². The van der Waals surface area contributed by atoms with Gasteiger partial charge in [0.1, 0.15) is 6.54 Å². The van der Waals surface area contributed by atoms with Crippen molar-refractivity contribution in [1.29, 1.82) is 0 Å². The number of pyridine rings is 1. The lowest BCUT2D eigenvalue weighted by molar-refractivity contribution is -0.137. The maximum Gasteiger partial charge on any atom is 0.416 e. The molecule has 47 heavy (non-hydrogen) atoms. The number of aryl methyl sites for hydroxylation is 2. The van der Waals surface area contributed by atoms with E-state index in [-0.39, 0.29) is 36.3 Å². The van der Waals surface area contributed by atoms with E-state index in [2.05, 4.69) is 18.7 Å². The van der Waals surface area contributed by atoms with Crippen molar-refractivity contribution in [2.75, 3.05) is 26.2 Å². The first-order chi connectivity index (χ1) is 22.3. The highest BCUT2D eigenvalue weighted by Crippen LogP contribution is 2.31. The summed E-state index contributed by atoms with van der Waals surface area (Å²) in [6.45, 7) is 10.6. The van der Waals surface area contributed by atoms with Crippen LogP contribution in [0.1, 0.15) is 47.5 Å². The zero-order valence-corrected chi connectivity index (χ0v) is 27.1. The van der Waals surface area contributed by atoms with E-state index >= 15 is 0 Å². The van der Waals surface area contributed by atoms with Crippen molar-refractivity contribution in [3.63, 3.8) is 0 Å². The van der Waals surface area contributed by atoms with Crippen LogP contribution < -0.4 is 5.43 Å². The zero-order valence-electron chi connectivity index (χ0n) is 27.1. The molecule has 0 fully saturated rings. The van der Waals surface area contributed by atoms with E-state index in [4.69, 9.17) is 0 Å². The molecule has 3 aromatic carbocycles. The number of rotatable bonds is 13. The molecule has 0 bridgehead atoms. The van der Waals surface area contributed by atoms with E-state index in [0.717, 1.165) is 42.4 Å². The minimum absolute atomic E-state index is 0.0458. The Hall–Kier alpha value is -4.31. The molecule has 0 N–H and O–H groups in total. The number of hydrogen-bond acceptors (Lipinski definition) is 3. The first-order valence-electron chi connectivity index (χ1n) is 15.7. The summed E-state index contributed by atoms with van der Waals surface area (Å²) in [4.78, 5) is 30.7. The van der Waals surface area contributed by atoms with Gasteiger partial charge >= 0.3 is 6.18 Å². The van der Waals surface area contributed by atoms with Gasteiger partial charge in [-0.3, -0.25) is 9.59 Å². The van der Waals surface area contributed by atoms with E-state index in [9.17, 15) is 31.5 Å². The summed E-state index contributed by atoms with van der Waals surface area (Å²) in [6, 6.07) is 17.8. The standard InChI is InChI=1S/C37H40F5N3O2/c1-5-43(6-2)20-21-44(23-27-10-12-28(13-11-27)29-14-17-31(18-15-29)37(40,41)42)35(47)24-45-26(4)25(3)34(46)22-32(45)19-16-30-8-7-9-33(38)36(30)39/h7-15,17-18,22H,5-6,16,19-21,23-24H2,1-4H3. The van der Waals surface area contributed by atoms with Crippen LogP contribution in [-0.2, 0) is 36.9 Å². The predicted octanol–water partition coefficient (Wildman–Crippen LogP) is 7.58. The summed E-state index contributed by atoms with van der Waals surface area (Å²) in [5.74, 6) is -2.03. The smallest absolute Gasteiger partial charge is 0.339 e. The molecule has 10 heteroatoms. The molecule has 0 atom stereocenters. The molecular formula is C37H40F5N3O2. The quantitative estimate of drug-likeness (QED) is 0.140. The number of hydrogen-bond donors (Lipinski definition) is 0. The summed E-state index contributed by atoms with van der Waals surface area (Å²) in [5, 5.41) is 0. The number of likely N-dealkylation sites (N-methyl/N-ethyl adjacent to an activating group) is 1. The summed E-state index contributed by atoms with van der Waals surface area (Å²) in [7, 11) is 0. The number of benzene rings is 3. The Bertz CT molecular complexity index is 1730. The second kappa shape index (κ2) is 15.5. The second-order valence-electron chi connectivity index (χ2n) is 11.6. The Morgan fingerprint density at radius 2 is 1.45 bits per heavy atom. The maximum atomic E-state index is 14.4. The van der Waals surface area contributed by atoms with Gasteiger partial charge < -0.3 is 14.4 Å². The number of alkyl halides is 3. The molecule has 4 rings (SSSR count). The van der Waals surface area contributed by atoms with Crippen molar-refractivity contribution >= 4 is 5.91 Å². The Morgan fingerprint density at radius 1 is 0.830 bits per heavy atom. The molecule has 0 unspecified atom stereocenters. The van der Waals surface area contributed by atoms with Gasteiger partial charge in [-0.05, 0) is 80.2 Å². The number of aromatic nitrogens is 1. The van der Waals surface area contributed by atoms with Crippen LogP contribution in [0.3, 0.4) is 0 Å². The Kier molecular flexibility index (Phi) is 11.7. The van der Waals surface area contributed by atoms with Gasteiger partial charge in [0.15, 0.2) is 17.1 Å². The van der Waals surface area contributed by atoms with Crippen molar-refractivity contribution < 1.29 is 26.7 Å². The van der Waals surface area contributed by atoms with Gasteiger partial charge in [0, 0.05) is 42.7 Å². The van der Waals surface area contributed by atoms with Crippen LogP contribution in [0.4, 0.5) is 22.0 Å². The second-order valence-corrected chi connectivity index (χ2v) is 11.6. The first kappa shape index (κ1) is 35.5. The topological polar surface area (TPSA) is 45.5 Å². The maximum absolute atomic E-state index is 14.4. The summed E-state index contributed by atoms with van der Waals surface area (Å²) in [6.07, 6.45) is -4.03. The van der Waals surface area contributed by atoms with Gasteiger partial charge in [-0.2, -0.15) is 13.2 Å². The molecule has 5 nitrogen and oxygen atoms in total. The molecule has 4 aromatic rings. The fraction of sp³-hybridized carbons (Fsp3) is 0.351. The summed E-state index contributed by atoms with van der Waals surface area (Å²) < 4.78 is 69.0. The number of nitrogens with zero attached hydrogens (tertiary/aromatic N) is 3. The van der Waals surface area contributed by atoms with Gasteiger partial charge in [-0.25, -0.2) is 8.78 Å². The van der Waals surface area contributed by atoms with Gasteiger partial charge in [0.05, 0.1) is 5.56 Å². The van der Waals surface area contributed by atoms with Crippen molar-refractivity contribution in [1.82, 2.24) is 14.4 Å². The molecule has 1 aromatic heterocycles. The molecule has 250 valence electrons. The minimum atomic E-state index is -4.41. The molecule has 0 spiro atoms. The van der Waals surface area contributed by atoms with E-state index in [1.165, 1.54) is 30.3 Å². The number of carbonyl (C=O) groups is 1. The minimum Gasteiger partial charge on any atom is -0.339 e.